The summed E-state index contributed by atoms with van der Waals surface area (Å²) in [6.07, 6.45) is 1.00. The Morgan fingerprint density at radius 1 is 1.56 bits per heavy atom. The van der Waals surface area contributed by atoms with Gasteiger partial charge in [-0.05, 0) is 18.9 Å². The highest BCUT2D eigenvalue weighted by Crippen LogP contribution is 2.09. The van der Waals surface area contributed by atoms with Crippen LogP contribution in [0.3, 0.4) is 0 Å². The highest BCUT2D eigenvalue weighted by atomic mass is 35.5. The van der Waals surface area contributed by atoms with Crippen LogP contribution in [0.15, 0.2) is 0 Å². The largest absolute Gasteiger partial charge is 0.392 e. The van der Waals surface area contributed by atoms with Crippen LogP contribution in [0, 0.1) is 5.92 Å². The van der Waals surface area contributed by atoms with E-state index >= 15 is 0 Å². The van der Waals surface area contributed by atoms with E-state index in [1.54, 1.807) is 0 Å². The van der Waals surface area contributed by atoms with Crippen molar-refractivity contribution < 1.29 is 5.11 Å². The fourth-order valence-electron chi connectivity index (χ4n) is 0.973. The van der Waals surface area contributed by atoms with Crippen molar-refractivity contribution >= 4 is 12.4 Å². The summed E-state index contributed by atoms with van der Waals surface area (Å²) >= 11 is 0. The molecule has 0 radical (unpaired) electrons. The highest BCUT2D eigenvalue weighted by Gasteiger charge is 2.16. The third kappa shape index (κ3) is 2.52. The molecule has 1 aliphatic rings. The molecule has 1 saturated heterocycles. The Bertz CT molecular complexity index is 69.5. The zero-order chi connectivity index (χ0) is 5.98. The number of β-amino-alcohol motifs (C(OH)–C–C–N with tert-alkyl or cyclic N) is 1. The maximum atomic E-state index is 9.12. The van der Waals surface area contributed by atoms with E-state index in [1.807, 2.05) is 0 Å². The van der Waals surface area contributed by atoms with Crippen molar-refractivity contribution in [2.24, 2.45) is 5.92 Å². The van der Waals surface area contributed by atoms with E-state index in [1.165, 1.54) is 0 Å². The number of aliphatic hydroxyl groups excluding tert-OH is 1. The molecule has 0 aromatic carbocycles. The van der Waals surface area contributed by atoms with Gasteiger partial charge >= 0.3 is 0 Å². The van der Waals surface area contributed by atoms with Crippen LogP contribution in [-0.4, -0.2) is 24.3 Å². The van der Waals surface area contributed by atoms with Crippen LogP contribution in [0.4, 0.5) is 0 Å². The first kappa shape index (κ1) is 9.21. The molecular formula is C6H14ClNO. The van der Waals surface area contributed by atoms with Crippen molar-refractivity contribution in [3.05, 3.63) is 0 Å². The first-order chi connectivity index (χ1) is 3.80. The number of halogens is 1. The number of nitrogens with one attached hydrogen (secondary N) is 1. The molecule has 2 nitrogen and oxygen atoms in total. The number of hydrogen-bond donors (Lipinski definition) is 2. The molecule has 1 fully saturated rings. The summed E-state index contributed by atoms with van der Waals surface area (Å²) in [5.41, 5.74) is 0. The van der Waals surface area contributed by atoms with E-state index in [0.29, 0.717) is 5.92 Å². The molecule has 0 amide bonds. The molecule has 2 atom stereocenters. The molecule has 0 aromatic rings. The minimum atomic E-state index is -0.108. The van der Waals surface area contributed by atoms with Crippen molar-refractivity contribution in [3.8, 4) is 0 Å². The van der Waals surface area contributed by atoms with Gasteiger partial charge in [0, 0.05) is 6.54 Å². The molecule has 9 heavy (non-hydrogen) atoms. The number of hydrogen-bond acceptors (Lipinski definition) is 2. The lowest BCUT2D eigenvalue weighted by Crippen LogP contribution is -2.39. The third-order valence-electron chi connectivity index (χ3n) is 1.79. The molecule has 1 rings (SSSR count). The van der Waals surface area contributed by atoms with Crippen LogP contribution >= 0.6 is 12.4 Å². The van der Waals surface area contributed by atoms with Gasteiger partial charge in [-0.1, -0.05) is 6.92 Å². The van der Waals surface area contributed by atoms with Gasteiger partial charge in [-0.15, -0.1) is 12.4 Å². The zero-order valence-corrected chi connectivity index (χ0v) is 6.45. The first-order valence-corrected chi connectivity index (χ1v) is 3.19. The molecule has 3 heteroatoms. The van der Waals surface area contributed by atoms with Crippen LogP contribution in [0.5, 0.6) is 0 Å². The van der Waals surface area contributed by atoms with Gasteiger partial charge in [0.1, 0.15) is 0 Å². The number of rotatable bonds is 0. The monoisotopic (exact) mass is 151 g/mol. The molecule has 0 saturated carbocycles. The van der Waals surface area contributed by atoms with Gasteiger partial charge < -0.3 is 10.4 Å². The molecule has 0 unspecified atom stereocenters. The lowest BCUT2D eigenvalue weighted by Gasteiger charge is -2.24. The van der Waals surface area contributed by atoms with Gasteiger partial charge in [0.25, 0.3) is 0 Å². The van der Waals surface area contributed by atoms with Gasteiger partial charge in [0.05, 0.1) is 6.10 Å². The highest BCUT2D eigenvalue weighted by molar-refractivity contribution is 5.85. The minimum Gasteiger partial charge on any atom is -0.392 e. The van der Waals surface area contributed by atoms with Gasteiger partial charge in [-0.3, -0.25) is 0 Å². The van der Waals surface area contributed by atoms with Gasteiger partial charge in [0.2, 0.25) is 0 Å². The molecule has 2 N–H and O–H groups in total. The van der Waals surface area contributed by atoms with Crippen molar-refractivity contribution in [3.63, 3.8) is 0 Å². The summed E-state index contributed by atoms with van der Waals surface area (Å²) in [6, 6.07) is 0. The molecule has 1 heterocycles. The quantitative estimate of drug-likeness (QED) is 0.526. The molecular weight excluding hydrogens is 138 g/mol. The molecule has 1 aliphatic heterocycles. The van der Waals surface area contributed by atoms with Crippen molar-refractivity contribution in [2.45, 2.75) is 19.4 Å². The van der Waals surface area contributed by atoms with Crippen LogP contribution in [0.2, 0.25) is 0 Å². The van der Waals surface area contributed by atoms with Crippen LogP contribution in [0.25, 0.3) is 0 Å². The Labute approximate surface area is 62.1 Å². The Balaban J connectivity index is 0.000000640. The Morgan fingerprint density at radius 3 is 2.56 bits per heavy atom. The summed E-state index contributed by atoms with van der Waals surface area (Å²) in [4.78, 5) is 0. The van der Waals surface area contributed by atoms with Crippen molar-refractivity contribution in [1.82, 2.24) is 5.32 Å². The maximum Gasteiger partial charge on any atom is 0.0690 e. The number of piperidine rings is 1. The summed E-state index contributed by atoms with van der Waals surface area (Å²) < 4.78 is 0. The first-order valence-electron chi connectivity index (χ1n) is 3.19. The third-order valence-corrected chi connectivity index (χ3v) is 1.79. The molecule has 56 valence electrons. The van der Waals surface area contributed by atoms with E-state index in [-0.39, 0.29) is 18.5 Å². The molecule has 0 aromatic heterocycles. The van der Waals surface area contributed by atoms with E-state index < -0.39 is 0 Å². The Hall–Kier alpha value is 0.210. The molecule has 0 spiro atoms. The normalized spacial score (nSPS) is 35.3. The zero-order valence-electron chi connectivity index (χ0n) is 5.63. The Morgan fingerprint density at radius 2 is 2.22 bits per heavy atom. The predicted molar refractivity (Wildman–Crippen MR) is 39.9 cm³/mol. The summed E-state index contributed by atoms with van der Waals surface area (Å²) in [7, 11) is 0. The fourth-order valence-corrected chi connectivity index (χ4v) is 0.973. The van der Waals surface area contributed by atoms with E-state index in [0.717, 1.165) is 19.5 Å². The summed E-state index contributed by atoms with van der Waals surface area (Å²) in [5.74, 6) is 0.497. The standard InChI is InChI=1S/C6H13NO.ClH/c1-5-2-3-7-4-6(5)8;/h5-8H,2-4H2,1H3;1H/t5-,6-;/m0./s1. The summed E-state index contributed by atoms with van der Waals surface area (Å²) in [6.45, 7) is 3.94. The van der Waals surface area contributed by atoms with Crippen molar-refractivity contribution in [2.75, 3.05) is 13.1 Å². The SMILES string of the molecule is C[C@H]1CCNC[C@@H]1O.Cl. The van der Waals surface area contributed by atoms with Gasteiger partial charge in [-0.2, -0.15) is 0 Å². The lowest BCUT2D eigenvalue weighted by atomic mass is 9.98. The van der Waals surface area contributed by atoms with E-state index in [2.05, 4.69) is 12.2 Å². The molecule has 0 aliphatic carbocycles. The van der Waals surface area contributed by atoms with Crippen LogP contribution in [0.1, 0.15) is 13.3 Å². The van der Waals surface area contributed by atoms with Crippen molar-refractivity contribution in [1.29, 1.82) is 0 Å². The smallest absolute Gasteiger partial charge is 0.0690 e. The second-order valence-corrected chi connectivity index (χ2v) is 2.54. The average molecular weight is 152 g/mol. The van der Waals surface area contributed by atoms with Crippen LogP contribution < -0.4 is 5.32 Å². The molecule has 0 bridgehead atoms. The predicted octanol–water partition coefficient (Wildman–Crippen LogP) is 0.398. The van der Waals surface area contributed by atoms with Gasteiger partial charge in [-0.25, -0.2) is 0 Å². The Kier molecular flexibility index (Phi) is 4.19. The summed E-state index contributed by atoms with van der Waals surface area (Å²) in [5, 5.41) is 12.2. The second kappa shape index (κ2) is 4.09. The van der Waals surface area contributed by atoms with E-state index in [9.17, 15) is 0 Å². The van der Waals surface area contributed by atoms with Gasteiger partial charge in [0.15, 0.2) is 0 Å². The lowest BCUT2D eigenvalue weighted by molar-refractivity contribution is 0.0915. The van der Waals surface area contributed by atoms with E-state index in [4.69, 9.17) is 5.11 Å². The second-order valence-electron chi connectivity index (χ2n) is 2.54. The topological polar surface area (TPSA) is 32.3 Å². The average Bonchev–Trinajstić information content (AvgIpc) is 1.77. The number of aliphatic hydroxyl groups is 1. The fraction of sp³-hybridized carbons (Fsp3) is 1.00. The van der Waals surface area contributed by atoms with Crippen LogP contribution in [-0.2, 0) is 0 Å². The minimum absolute atomic E-state index is 0. The maximum absolute atomic E-state index is 9.12.